The average Bonchev–Trinajstić information content (AvgIpc) is 2.48. The SMILES string of the molecule is CCOc1cc2ccn(C(=O)CC)c(=N)c2cc1OCC. The standard InChI is InChI=1S/C16H20N2O3/c1-4-15(19)18-8-7-11-9-13(20-5-2)14(21-6-3)10-12(11)16(18)17/h7-10,17H,4-6H2,1-3H3. The minimum Gasteiger partial charge on any atom is -0.490 e. The highest BCUT2D eigenvalue weighted by Crippen LogP contribution is 2.31. The lowest BCUT2D eigenvalue weighted by Gasteiger charge is -2.13. The summed E-state index contributed by atoms with van der Waals surface area (Å²) in [5.74, 6) is 1.15. The van der Waals surface area contributed by atoms with Crippen LogP contribution in [0.25, 0.3) is 10.8 Å². The molecular formula is C16H20N2O3. The highest BCUT2D eigenvalue weighted by Gasteiger charge is 2.11. The van der Waals surface area contributed by atoms with E-state index in [-0.39, 0.29) is 11.4 Å². The van der Waals surface area contributed by atoms with Crippen LogP contribution in [-0.2, 0) is 0 Å². The molecule has 5 heteroatoms. The zero-order chi connectivity index (χ0) is 15.4. The Morgan fingerprint density at radius 3 is 2.33 bits per heavy atom. The van der Waals surface area contributed by atoms with E-state index in [0.29, 0.717) is 36.5 Å². The van der Waals surface area contributed by atoms with Crippen molar-refractivity contribution < 1.29 is 14.3 Å². The molecule has 0 radical (unpaired) electrons. The Bertz CT molecular complexity index is 719. The Hall–Kier alpha value is -2.30. The molecule has 1 heterocycles. The number of ether oxygens (including phenoxy) is 2. The summed E-state index contributed by atoms with van der Waals surface area (Å²) in [4.78, 5) is 11.8. The Morgan fingerprint density at radius 1 is 1.14 bits per heavy atom. The zero-order valence-corrected chi connectivity index (χ0v) is 12.6. The molecular weight excluding hydrogens is 268 g/mol. The molecule has 0 aliphatic rings. The second-order valence-corrected chi connectivity index (χ2v) is 4.53. The van der Waals surface area contributed by atoms with E-state index in [1.54, 1.807) is 19.2 Å². The quantitative estimate of drug-likeness (QED) is 0.920. The molecule has 1 aromatic heterocycles. The number of fused-ring (bicyclic) bond motifs is 1. The van der Waals surface area contributed by atoms with Gasteiger partial charge in [-0.2, -0.15) is 0 Å². The molecule has 2 aromatic rings. The van der Waals surface area contributed by atoms with Crippen molar-refractivity contribution in [1.82, 2.24) is 4.57 Å². The van der Waals surface area contributed by atoms with Gasteiger partial charge in [0.2, 0.25) is 5.91 Å². The third kappa shape index (κ3) is 2.91. The largest absolute Gasteiger partial charge is 0.490 e. The topological polar surface area (TPSA) is 64.3 Å². The predicted molar refractivity (Wildman–Crippen MR) is 81.0 cm³/mol. The lowest BCUT2D eigenvalue weighted by molar-refractivity contribution is 0.0903. The zero-order valence-electron chi connectivity index (χ0n) is 12.6. The third-order valence-electron chi connectivity index (χ3n) is 3.19. The van der Waals surface area contributed by atoms with Crippen molar-refractivity contribution >= 4 is 16.7 Å². The van der Waals surface area contributed by atoms with Crippen LogP contribution in [0, 0.1) is 5.41 Å². The average molecular weight is 288 g/mol. The molecule has 0 aliphatic carbocycles. The van der Waals surface area contributed by atoms with Gasteiger partial charge in [0.05, 0.1) is 13.2 Å². The van der Waals surface area contributed by atoms with Crippen molar-refractivity contribution in [2.24, 2.45) is 0 Å². The van der Waals surface area contributed by atoms with E-state index in [4.69, 9.17) is 14.9 Å². The summed E-state index contributed by atoms with van der Waals surface area (Å²) in [6.07, 6.45) is 1.99. The molecule has 0 fully saturated rings. The van der Waals surface area contributed by atoms with E-state index in [1.807, 2.05) is 26.0 Å². The van der Waals surface area contributed by atoms with Gasteiger partial charge in [0, 0.05) is 18.0 Å². The molecule has 0 amide bonds. The number of benzene rings is 1. The number of nitrogens with zero attached hydrogens (tertiary/aromatic N) is 1. The van der Waals surface area contributed by atoms with Crippen LogP contribution in [0.2, 0.25) is 0 Å². The summed E-state index contributed by atoms with van der Waals surface area (Å²) in [5.41, 5.74) is 0.170. The van der Waals surface area contributed by atoms with Crippen molar-refractivity contribution in [3.63, 3.8) is 0 Å². The van der Waals surface area contributed by atoms with Crippen molar-refractivity contribution in [1.29, 1.82) is 5.41 Å². The van der Waals surface area contributed by atoms with E-state index < -0.39 is 0 Å². The van der Waals surface area contributed by atoms with Crippen molar-refractivity contribution in [3.05, 3.63) is 29.9 Å². The van der Waals surface area contributed by atoms with Crippen LogP contribution < -0.4 is 15.0 Å². The second kappa shape index (κ2) is 6.43. The van der Waals surface area contributed by atoms with Crippen LogP contribution in [0.15, 0.2) is 24.4 Å². The van der Waals surface area contributed by atoms with Crippen molar-refractivity contribution in [3.8, 4) is 11.5 Å². The monoisotopic (exact) mass is 288 g/mol. The third-order valence-corrected chi connectivity index (χ3v) is 3.19. The molecule has 21 heavy (non-hydrogen) atoms. The van der Waals surface area contributed by atoms with Crippen LogP contribution >= 0.6 is 0 Å². The highest BCUT2D eigenvalue weighted by molar-refractivity contribution is 5.88. The number of pyridine rings is 1. The fourth-order valence-corrected chi connectivity index (χ4v) is 2.19. The first-order chi connectivity index (χ1) is 10.1. The number of carbonyl (C=O) groups excluding carboxylic acids is 1. The van der Waals surface area contributed by atoms with Crippen LogP contribution in [-0.4, -0.2) is 23.7 Å². The molecule has 0 atom stereocenters. The molecule has 0 saturated heterocycles. The maximum absolute atomic E-state index is 11.8. The number of hydrogen-bond acceptors (Lipinski definition) is 4. The van der Waals surface area contributed by atoms with Crippen molar-refractivity contribution in [2.45, 2.75) is 27.2 Å². The molecule has 112 valence electrons. The summed E-state index contributed by atoms with van der Waals surface area (Å²) in [7, 11) is 0. The van der Waals surface area contributed by atoms with Gasteiger partial charge < -0.3 is 9.47 Å². The first kappa shape index (κ1) is 15.1. The molecule has 5 nitrogen and oxygen atoms in total. The smallest absolute Gasteiger partial charge is 0.231 e. The summed E-state index contributed by atoms with van der Waals surface area (Å²) >= 11 is 0. The normalized spacial score (nSPS) is 10.6. The minimum atomic E-state index is -0.103. The van der Waals surface area contributed by atoms with Crippen LogP contribution in [0.4, 0.5) is 0 Å². The Morgan fingerprint density at radius 2 is 1.76 bits per heavy atom. The lowest BCUT2D eigenvalue weighted by Crippen LogP contribution is -2.25. The number of rotatable bonds is 5. The molecule has 2 rings (SSSR count). The molecule has 0 spiro atoms. The van der Waals surface area contributed by atoms with Gasteiger partial charge in [-0.05, 0) is 37.4 Å². The van der Waals surface area contributed by atoms with Crippen LogP contribution in [0.1, 0.15) is 32.0 Å². The van der Waals surface area contributed by atoms with Gasteiger partial charge >= 0.3 is 0 Å². The van der Waals surface area contributed by atoms with Crippen molar-refractivity contribution in [2.75, 3.05) is 13.2 Å². The fraction of sp³-hybridized carbons (Fsp3) is 0.375. The van der Waals surface area contributed by atoms with Gasteiger partial charge in [-0.1, -0.05) is 6.92 Å². The number of nitrogens with one attached hydrogen (secondary N) is 1. The first-order valence-electron chi connectivity index (χ1n) is 7.15. The molecule has 1 N–H and O–H groups in total. The van der Waals surface area contributed by atoms with Gasteiger partial charge in [-0.15, -0.1) is 0 Å². The van der Waals surface area contributed by atoms with Gasteiger partial charge in [0.25, 0.3) is 0 Å². The maximum atomic E-state index is 11.8. The predicted octanol–water partition coefficient (Wildman–Crippen LogP) is 2.97. The number of aromatic nitrogens is 1. The van der Waals surface area contributed by atoms with E-state index in [2.05, 4.69) is 0 Å². The number of carbonyl (C=O) groups is 1. The van der Waals surface area contributed by atoms with Gasteiger partial charge in [-0.3, -0.25) is 14.8 Å². The molecule has 0 bridgehead atoms. The highest BCUT2D eigenvalue weighted by atomic mass is 16.5. The summed E-state index contributed by atoms with van der Waals surface area (Å²) in [5, 5.41) is 9.75. The molecule has 0 unspecified atom stereocenters. The van der Waals surface area contributed by atoms with E-state index in [9.17, 15) is 4.79 Å². The van der Waals surface area contributed by atoms with Crippen LogP contribution in [0.5, 0.6) is 11.5 Å². The molecule has 0 aliphatic heterocycles. The fourth-order valence-electron chi connectivity index (χ4n) is 2.19. The summed E-state index contributed by atoms with van der Waals surface area (Å²) in [6, 6.07) is 5.44. The summed E-state index contributed by atoms with van der Waals surface area (Å²) < 4.78 is 12.5. The molecule has 0 saturated carbocycles. The molecule has 1 aromatic carbocycles. The van der Waals surface area contributed by atoms with E-state index in [0.717, 1.165) is 5.39 Å². The Balaban J connectivity index is 2.67. The maximum Gasteiger partial charge on any atom is 0.231 e. The summed E-state index contributed by atoms with van der Waals surface area (Å²) in [6.45, 7) is 6.64. The minimum absolute atomic E-state index is 0.103. The first-order valence-corrected chi connectivity index (χ1v) is 7.15. The van der Waals surface area contributed by atoms with Gasteiger partial charge in [-0.25, -0.2) is 0 Å². The van der Waals surface area contributed by atoms with Gasteiger partial charge in [0.1, 0.15) is 5.49 Å². The van der Waals surface area contributed by atoms with E-state index in [1.165, 1.54) is 4.57 Å². The number of hydrogen-bond donors (Lipinski definition) is 1. The lowest BCUT2D eigenvalue weighted by atomic mass is 10.1. The second-order valence-electron chi connectivity index (χ2n) is 4.53. The Labute approximate surface area is 123 Å². The Kier molecular flexibility index (Phi) is 4.62. The van der Waals surface area contributed by atoms with Crippen LogP contribution in [0.3, 0.4) is 0 Å². The van der Waals surface area contributed by atoms with E-state index >= 15 is 0 Å². The van der Waals surface area contributed by atoms with Gasteiger partial charge in [0.15, 0.2) is 11.5 Å².